The SMILES string of the molecule is Cc1cc(S(=O)(=O)N2CCN(C(=O)c3sccc3C)CC2)c(C)s1. The number of hydrogen-bond acceptors (Lipinski definition) is 5. The van der Waals surface area contributed by atoms with Crippen molar-refractivity contribution >= 4 is 38.6 Å². The van der Waals surface area contributed by atoms with E-state index in [4.69, 9.17) is 0 Å². The number of thiophene rings is 2. The van der Waals surface area contributed by atoms with E-state index in [-0.39, 0.29) is 5.91 Å². The fourth-order valence-corrected chi connectivity index (χ4v) is 6.71. The maximum atomic E-state index is 12.8. The van der Waals surface area contributed by atoms with E-state index in [2.05, 4.69) is 0 Å². The summed E-state index contributed by atoms with van der Waals surface area (Å²) < 4.78 is 27.1. The van der Waals surface area contributed by atoms with Gasteiger partial charge in [0, 0.05) is 35.9 Å². The van der Waals surface area contributed by atoms with Crippen LogP contribution in [-0.2, 0) is 10.0 Å². The van der Waals surface area contributed by atoms with E-state index >= 15 is 0 Å². The largest absolute Gasteiger partial charge is 0.335 e. The maximum Gasteiger partial charge on any atom is 0.264 e. The fourth-order valence-electron chi connectivity index (χ4n) is 2.87. The van der Waals surface area contributed by atoms with Gasteiger partial charge in [0.2, 0.25) is 10.0 Å². The van der Waals surface area contributed by atoms with Crippen molar-refractivity contribution in [3.8, 4) is 0 Å². The van der Waals surface area contributed by atoms with Crippen LogP contribution in [0.15, 0.2) is 22.4 Å². The Bertz CT molecular complexity index is 859. The molecule has 2 aromatic rings. The molecular weight excluding hydrogens is 364 g/mol. The lowest BCUT2D eigenvalue weighted by molar-refractivity contribution is 0.0702. The zero-order chi connectivity index (χ0) is 17.5. The Balaban J connectivity index is 1.72. The predicted octanol–water partition coefficient (Wildman–Crippen LogP) is 2.88. The van der Waals surface area contributed by atoms with Crippen molar-refractivity contribution < 1.29 is 13.2 Å². The Morgan fingerprint density at radius 3 is 2.29 bits per heavy atom. The lowest BCUT2D eigenvalue weighted by atomic mass is 10.2. The summed E-state index contributed by atoms with van der Waals surface area (Å²) in [5.41, 5.74) is 0.976. The molecule has 0 saturated carbocycles. The summed E-state index contributed by atoms with van der Waals surface area (Å²) in [7, 11) is -3.47. The molecule has 1 saturated heterocycles. The second-order valence-corrected chi connectivity index (χ2v) is 10.2. The molecule has 0 unspecified atom stereocenters. The van der Waals surface area contributed by atoms with Crippen molar-refractivity contribution in [3.05, 3.63) is 37.7 Å². The van der Waals surface area contributed by atoms with Crippen molar-refractivity contribution in [2.45, 2.75) is 25.7 Å². The molecule has 1 amide bonds. The van der Waals surface area contributed by atoms with Gasteiger partial charge in [-0.25, -0.2) is 8.42 Å². The lowest BCUT2D eigenvalue weighted by Crippen LogP contribution is -2.50. The minimum absolute atomic E-state index is 0.00195. The van der Waals surface area contributed by atoms with Gasteiger partial charge >= 0.3 is 0 Å². The predicted molar refractivity (Wildman–Crippen MR) is 97.5 cm³/mol. The molecule has 0 aliphatic carbocycles. The van der Waals surface area contributed by atoms with Crippen LogP contribution in [-0.4, -0.2) is 49.7 Å². The van der Waals surface area contributed by atoms with E-state index in [1.54, 1.807) is 11.0 Å². The number of amides is 1. The number of carbonyl (C=O) groups is 1. The van der Waals surface area contributed by atoms with Crippen molar-refractivity contribution in [3.63, 3.8) is 0 Å². The van der Waals surface area contributed by atoms with Crippen molar-refractivity contribution in [2.24, 2.45) is 0 Å². The number of sulfonamides is 1. The first-order valence-electron chi connectivity index (χ1n) is 7.71. The van der Waals surface area contributed by atoms with Crippen molar-refractivity contribution in [1.82, 2.24) is 9.21 Å². The van der Waals surface area contributed by atoms with Gasteiger partial charge in [-0.2, -0.15) is 4.31 Å². The van der Waals surface area contributed by atoms with E-state index in [9.17, 15) is 13.2 Å². The second-order valence-electron chi connectivity index (χ2n) is 5.91. The minimum atomic E-state index is -3.47. The average Bonchev–Trinajstić information content (AvgIpc) is 3.12. The fraction of sp³-hybridized carbons (Fsp3) is 0.438. The lowest BCUT2D eigenvalue weighted by Gasteiger charge is -2.33. The molecule has 0 atom stereocenters. The highest BCUT2D eigenvalue weighted by molar-refractivity contribution is 7.89. The van der Waals surface area contributed by atoms with Crippen LogP contribution < -0.4 is 0 Å². The van der Waals surface area contributed by atoms with Crippen LogP contribution in [0.4, 0.5) is 0 Å². The summed E-state index contributed by atoms with van der Waals surface area (Å²) in [6, 6.07) is 3.67. The van der Waals surface area contributed by atoms with Gasteiger partial charge in [-0.15, -0.1) is 22.7 Å². The molecule has 0 radical (unpaired) electrons. The summed E-state index contributed by atoms with van der Waals surface area (Å²) in [5, 5.41) is 1.91. The van der Waals surface area contributed by atoms with Crippen LogP contribution in [0, 0.1) is 20.8 Å². The van der Waals surface area contributed by atoms with E-state index in [0.717, 1.165) is 20.2 Å². The molecule has 130 valence electrons. The van der Waals surface area contributed by atoms with Crippen LogP contribution in [0.2, 0.25) is 0 Å². The number of aryl methyl sites for hydroxylation is 3. The third-order valence-corrected chi connectivity index (χ3v) is 8.32. The Morgan fingerprint density at radius 2 is 1.79 bits per heavy atom. The molecule has 2 aromatic heterocycles. The zero-order valence-corrected chi connectivity index (χ0v) is 16.4. The molecular formula is C16H20N2O3S3. The quantitative estimate of drug-likeness (QED) is 0.818. The Hall–Kier alpha value is -1.22. The van der Waals surface area contributed by atoms with Crippen LogP contribution in [0.25, 0.3) is 0 Å². The van der Waals surface area contributed by atoms with Gasteiger partial charge in [-0.1, -0.05) is 0 Å². The third-order valence-electron chi connectivity index (χ3n) is 4.20. The molecule has 3 heterocycles. The van der Waals surface area contributed by atoms with Crippen molar-refractivity contribution in [2.75, 3.05) is 26.2 Å². The van der Waals surface area contributed by atoms with Crippen LogP contribution in [0.5, 0.6) is 0 Å². The normalized spacial score (nSPS) is 16.5. The summed E-state index contributed by atoms with van der Waals surface area (Å²) >= 11 is 2.93. The number of carbonyl (C=O) groups excluding carboxylic acids is 1. The molecule has 5 nitrogen and oxygen atoms in total. The topological polar surface area (TPSA) is 57.7 Å². The maximum absolute atomic E-state index is 12.8. The Labute approximate surface area is 150 Å². The number of rotatable bonds is 3. The van der Waals surface area contributed by atoms with Crippen LogP contribution >= 0.6 is 22.7 Å². The van der Waals surface area contributed by atoms with Gasteiger partial charge in [-0.05, 0) is 43.8 Å². The van der Waals surface area contributed by atoms with E-state index < -0.39 is 10.0 Å². The Morgan fingerprint density at radius 1 is 1.12 bits per heavy atom. The van der Waals surface area contributed by atoms with Crippen LogP contribution in [0.3, 0.4) is 0 Å². The third kappa shape index (κ3) is 3.15. The average molecular weight is 385 g/mol. The summed E-state index contributed by atoms with van der Waals surface area (Å²) in [5.74, 6) is 0.00195. The summed E-state index contributed by atoms with van der Waals surface area (Å²) in [6.45, 7) is 7.21. The minimum Gasteiger partial charge on any atom is -0.335 e. The first kappa shape index (κ1) is 17.6. The van der Waals surface area contributed by atoms with Gasteiger partial charge < -0.3 is 4.90 Å². The molecule has 0 spiro atoms. The molecule has 1 aliphatic rings. The van der Waals surface area contributed by atoms with Crippen LogP contribution in [0.1, 0.15) is 25.0 Å². The first-order chi connectivity index (χ1) is 11.3. The molecule has 0 N–H and O–H groups in total. The zero-order valence-electron chi connectivity index (χ0n) is 13.9. The highest BCUT2D eigenvalue weighted by Gasteiger charge is 2.32. The summed E-state index contributed by atoms with van der Waals surface area (Å²) in [4.78, 5) is 17.2. The second kappa shape index (κ2) is 6.59. The molecule has 8 heteroatoms. The highest BCUT2D eigenvalue weighted by atomic mass is 32.2. The Kier molecular flexibility index (Phi) is 4.83. The van der Waals surface area contributed by atoms with Gasteiger partial charge in [0.15, 0.2) is 0 Å². The van der Waals surface area contributed by atoms with Gasteiger partial charge in [0.05, 0.1) is 9.77 Å². The summed E-state index contributed by atoms with van der Waals surface area (Å²) in [6.07, 6.45) is 0. The van der Waals surface area contributed by atoms with Gasteiger partial charge in [0.25, 0.3) is 5.91 Å². The molecule has 0 bridgehead atoms. The van der Waals surface area contributed by atoms with Gasteiger partial charge in [0.1, 0.15) is 0 Å². The molecule has 3 rings (SSSR count). The van der Waals surface area contributed by atoms with Crippen molar-refractivity contribution in [1.29, 1.82) is 0 Å². The smallest absolute Gasteiger partial charge is 0.264 e. The highest BCUT2D eigenvalue weighted by Crippen LogP contribution is 2.28. The molecule has 1 fully saturated rings. The number of piperazine rings is 1. The molecule has 1 aliphatic heterocycles. The van der Waals surface area contributed by atoms with E-state index in [0.29, 0.717) is 31.1 Å². The molecule has 24 heavy (non-hydrogen) atoms. The number of nitrogens with zero attached hydrogens (tertiary/aromatic N) is 2. The van der Waals surface area contributed by atoms with Gasteiger partial charge in [-0.3, -0.25) is 4.79 Å². The van der Waals surface area contributed by atoms with E-state index in [1.165, 1.54) is 27.0 Å². The monoisotopic (exact) mass is 384 g/mol. The van der Waals surface area contributed by atoms with E-state index in [1.807, 2.05) is 32.2 Å². The molecule has 0 aromatic carbocycles. The first-order valence-corrected chi connectivity index (χ1v) is 10.8. The standard InChI is InChI=1S/C16H20N2O3S3/c1-11-4-9-22-15(11)16(19)17-5-7-18(8-6-17)24(20,21)14-10-12(2)23-13(14)3/h4,9-10H,5-8H2,1-3H3. The number of hydrogen-bond donors (Lipinski definition) is 0.